The molecule has 0 unspecified atom stereocenters. The molecule has 0 aromatic carbocycles. The highest BCUT2D eigenvalue weighted by atomic mass is 32.2. The first-order valence-corrected chi connectivity index (χ1v) is 9.26. The van der Waals surface area contributed by atoms with Crippen LogP contribution in [0.2, 0.25) is 0 Å². The fraction of sp³-hybridized carbons (Fsp3) is 0.750. The minimum Gasteiger partial charge on any atom is -0.465 e. The van der Waals surface area contributed by atoms with Crippen molar-refractivity contribution >= 4 is 23.8 Å². The number of hydrogen-bond acceptors (Lipinski definition) is 8. The van der Waals surface area contributed by atoms with Crippen LogP contribution in [0.1, 0.15) is 59.9 Å². The molecule has 1 amide bonds. The summed E-state index contributed by atoms with van der Waals surface area (Å²) < 4.78 is 15.7. The molecular formula is C16H27N3O5S. The van der Waals surface area contributed by atoms with Crippen molar-refractivity contribution in [3.63, 3.8) is 0 Å². The van der Waals surface area contributed by atoms with E-state index in [9.17, 15) is 9.59 Å². The Morgan fingerprint density at radius 2 is 1.96 bits per heavy atom. The topological polar surface area (TPSA) is 104 Å². The number of hydrogen-bond donors (Lipinski definition) is 1. The molecule has 1 rings (SSSR count). The van der Waals surface area contributed by atoms with Crippen LogP contribution < -0.4 is 5.32 Å². The first-order valence-electron chi connectivity index (χ1n) is 8.27. The van der Waals surface area contributed by atoms with Gasteiger partial charge in [0.25, 0.3) is 5.22 Å². The molecule has 1 heterocycles. The minimum absolute atomic E-state index is 0.0656. The van der Waals surface area contributed by atoms with Crippen molar-refractivity contribution < 1.29 is 23.5 Å². The summed E-state index contributed by atoms with van der Waals surface area (Å²) in [5, 5.41) is 10.9. The maximum atomic E-state index is 12.1. The van der Waals surface area contributed by atoms with Gasteiger partial charge in [0.2, 0.25) is 5.89 Å². The van der Waals surface area contributed by atoms with E-state index in [1.54, 1.807) is 27.7 Å². The van der Waals surface area contributed by atoms with E-state index in [4.69, 9.17) is 13.9 Å². The standard InChI is InChI=1S/C16H27N3O5S/c1-7-10(3)12(17-14(21)24-16(4,5)6)13-18-19-15(23-13)25-9-11(20)22-8-2/h10,12H,7-9H2,1-6H3,(H,17,21)/t10-,12+/m0/s1. The summed E-state index contributed by atoms with van der Waals surface area (Å²) in [6, 6.07) is -0.468. The second-order valence-electron chi connectivity index (χ2n) is 6.51. The van der Waals surface area contributed by atoms with E-state index in [1.807, 2.05) is 13.8 Å². The lowest BCUT2D eigenvalue weighted by molar-refractivity contribution is -0.139. The largest absolute Gasteiger partial charge is 0.465 e. The van der Waals surface area contributed by atoms with Crippen LogP contribution in [0, 0.1) is 5.92 Å². The van der Waals surface area contributed by atoms with Crippen molar-refractivity contribution in [3.05, 3.63) is 5.89 Å². The predicted octanol–water partition coefficient (Wildman–Crippen LogP) is 3.34. The number of aromatic nitrogens is 2. The van der Waals surface area contributed by atoms with Crippen molar-refractivity contribution in [2.24, 2.45) is 5.92 Å². The lowest BCUT2D eigenvalue weighted by atomic mass is 9.99. The van der Waals surface area contributed by atoms with Gasteiger partial charge >= 0.3 is 12.1 Å². The van der Waals surface area contributed by atoms with Crippen molar-refractivity contribution in [2.45, 2.75) is 64.8 Å². The molecule has 0 aliphatic rings. The molecule has 0 bridgehead atoms. The average molecular weight is 373 g/mol. The Balaban J connectivity index is 2.76. The number of nitrogens with one attached hydrogen (secondary N) is 1. The Bertz CT molecular complexity index is 570. The molecule has 1 aromatic heterocycles. The van der Waals surface area contributed by atoms with Gasteiger partial charge in [-0.2, -0.15) is 0 Å². The molecule has 2 atom stereocenters. The van der Waals surface area contributed by atoms with E-state index in [0.717, 1.165) is 18.2 Å². The van der Waals surface area contributed by atoms with E-state index in [-0.39, 0.29) is 28.8 Å². The Hall–Kier alpha value is -1.77. The van der Waals surface area contributed by atoms with Gasteiger partial charge in [-0.05, 0) is 33.6 Å². The smallest absolute Gasteiger partial charge is 0.408 e. The number of thioether (sulfide) groups is 1. The van der Waals surface area contributed by atoms with Gasteiger partial charge in [-0.3, -0.25) is 4.79 Å². The zero-order valence-corrected chi connectivity index (χ0v) is 16.4. The third-order valence-electron chi connectivity index (χ3n) is 3.19. The van der Waals surface area contributed by atoms with Crippen molar-refractivity contribution in [3.8, 4) is 0 Å². The Morgan fingerprint density at radius 1 is 1.28 bits per heavy atom. The van der Waals surface area contributed by atoms with Gasteiger partial charge in [0, 0.05) is 0 Å². The van der Waals surface area contributed by atoms with Gasteiger partial charge in [0.05, 0.1) is 6.61 Å². The van der Waals surface area contributed by atoms with Crippen LogP contribution >= 0.6 is 11.8 Å². The first kappa shape index (κ1) is 21.3. The number of rotatable bonds is 8. The number of nitrogens with zero attached hydrogens (tertiary/aromatic N) is 2. The molecule has 142 valence electrons. The molecule has 1 N–H and O–H groups in total. The van der Waals surface area contributed by atoms with Crippen LogP contribution in [0.15, 0.2) is 9.64 Å². The molecule has 0 spiro atoms. The summed E-state index contributed by atoms with van der Waals surface area (Å²) in [6.07, 6.45) is 0.255. The minimum atomic E-state index is -0.598. The normalized spacial score (nSPS) is 13.8. The molecular weight excluding hydrogens is 346 g/mol. The Labute approximate surface area is 152 Å². The third kappa shape index (κ3) is 7.76. The fourth-order valence-electron chi connectivity index (χ4n) is 1.85. The van der Waals surface area contributed by atoms with Crippen LogP contribution in [0.3, 0.4) is 0 Å². The second kappa shape index (κ2) is 9.65. The molecule has 0 saturated heterocycles. The van der Waals surface area contributed by atoms with Crippen LogP contribution in [0.5, 0.6) is 0 Å². The highest BCUT2D eigenvalue weighted by Gasteiger charge is 2.28. The number of carbonyl (C=O) groups excluding carboxylic acids is 2. The molecule has 25 heavy (non-hydrogen) atoms. The summed E-state index contributed by atoms with van der Waals surface area (Å²) in [5.41, 5.74) is -0.598. The van der Waals surface area contributed by atoms with Gasteiger partial charge in [0.15, 0.2) is 0 Å². The Morgan fingerprint density at radius 3 is 2.52 bits per heavy atom. The van der Waals surface area contributed by atoms with E-state index >= 15 is 0 Å². The number of alkyl carbamates (subject to hydrolysis) is 1. The third-order valence-corrected chi connectivity index (χ3v) is 3.98. The lowest BCUT2D eigenvalue weighted by Gasteiger charge is -2.24. The highest BCUT2D eigenvalue weighted by molar-refractivity contribution is 7.99. The van der Waals surface area contributed by atoms with Crippen LogP contribution in [-0.4, -0.2) is 40.2 Å². The maximum absolute atomic E-state index is 12.1. The number of carbonyl (C=O) groups is 2. The fourth-order valence-corrected chi connectivity index (χ4v) is 2.41. The molecule has 0 aliphatic carbocycles. The zero-order valence-electron chi connectivity index (χ0n) is 15.6. The summed E-state index contributed by atoms with van der Waals surface area (Å²) in [5.74, 6) is 0.0863. The monoisotopic (exact) mass is 373 g/mol. The van der Waals surface area contributed by atoms with Crippen LogP contribution in [0.25, 0.3) is 0 Å². The van der Waals surface area contributed by atoms with Gasteiger partial charge in [-0.25, -0.2) is 4.79 Å². The van der Waals surface area contributed by atoms with Crippen LogP contribution in [-0.2, 0) is 14.3 Å². The van der Waals surface area contributed by atoms with Crippen LogP contribution in [0.4, 0.5) is 4.79 Å². The van der Waals surface area contributed by atoms with Gasteiger partial charge in [0.1, 0.15) is 17.4 Å². The maximum Gasteiger partial charge on any atom is 0.408 e. The molecule has 8 nitrogen and oxygen atoms in total. The van der Waals surface area contributed by atoms with E-state index in [0.29, 0.717) is 6.61 Å². The number of esters is 1. The molecule has 9 heteroatoms. The Kier molecular flexibility index (Phi) is 8.21. The van der Waals surface area contributed by atoms with Gasteiger partial charge < -0.3 is 19.2 Å². The highest BCUT2D eigenvalue weighted by Crippen LogP contribution is 2.26. The summed E-state index contributed by atoms with van der Waals surface area (Å²) >= 11 is 1.10. The van der Waals surface area contributed by atoms with Crippen molar-refractivity contribution in [2.75, 3.05) is 12.4 Å². The quantitative estimate of drug-likeness (QED) is 0.546. The summed E-state index contributed by atoms with van der Waals surface area (Å²) in [4.78, 5) is 23.5. The average Bonchev–Trinajstić information content (AvgIpc) is 2.97. The second-order valence-corrected chi connectivity index (χ2v) is 7.44. The van der Waals surface area contributed by atoms with E-state index in [2.05, 4.69) is 15.5 Å². The number of amides is 1. The van der Waals surface area contributed by atoms with E-state index < -0.39 is 17.7 Å². The first-order chi connectivity index (χ1) is 11.7. The van der Waals surface area contributed by atoms with Gasteiger partial charge in [-0.1, -0.05) is 32.0 Å². The van der Waals surface area contributed by atoms with Gasteiger partial charge in [-0.15, -0.1) is 10.2 Å². The number of ether oxygens (including phenoxy) is 2. The van der Waals surface area contributed by atoms with Crippen molar-refractivity contribution in [1.29, 1.82) is 0 Å². The summed E-state index contributed by atoms with van der Waals surface area (Å²) in [7, 11) is 0. The molecule has 1 aromatic rings. The zero-order chi connectivity index (χ0) is 19.0. The predicted molar refractivity (Wildman–Crippen MR) is 93.2 cm³/mol. The molecule has 0 radical (unpaired) electrons. The van der Waals surface area contributed by atoms with E-state index in [1.165, 1.54) is 0 Å². The molecule has 0 fully saturated rings. The molecule has 0 saturated carbocycles. The SMILES string of the molecule is CCOC(=O)CSc1nnc([C@H](NC(=O)OC(C)(C)C)[C@@H](C)CC)o1. The summed E-state index contributed by atoms with van der Waals surface area (Å²) in [6.45, 7) is 11.4. The lowest BCUT2D eigenvalue weighted by Crippen LogP contribution is -2.37. The van der Waals surface area contributed by atoms with Crippen molar-refractivity contribution in [1.82, 2.24) is 15.5 Å². The molecule has 0 aliphatic heterocycles.